The van der Waals surface area contributed by atoms with E-state index in [0.717, 1.165) is 0 Å². The van der Waals surface area contributed by atoms with E-state index in [4.69, 9.17) is 5.53 Å². The number of likely N-dealkylation sites (N-methyl/N-ethyl adjacent to an activating group) is 1. The zero-order valence-corrected chi connectivity index (χ0v) is 5.13. The van der Waals surface area contributed by atoms with Gasteiger partial charge in [-0.15, -0.1) is 0 Å². The van der Waals surface area contributed by atoms with Gasteiger partial charge in [-0.2, -0.15) is 0 Å². The second kappa shape index (κ2) is 4.43. The molecule has 0 saturated carbocycles. The summed E-state index contributed by atoms with van der Waals surface area (Å²) >= 11 is 0. The molecule has 0 aliphatic heterocycles. The fraction of sp³-hybridized carbons (Fsp3) is 1.00. The van der Waals surface area contributed by atoms with E-state index >= 15 is 0 Å². The smallest absolute Gasteiger partial charge is 0.0409 e. The molecule has 0 saturated heterocycles. The number of hydrogen-bond donors (Lipinski definition) is 1. The highest BCUT2D eigenvalue weighted by Gasteiger charge is 1.90. The molecule has 0 bridgehead atoms. The van der Waals surface area contributed by atoms with Crippen LogP contribution < -0.4 is 5.32 Å². The molecule has 0 unspecified atom stereocenters. The third kappa shape index (κ3) is 3.46. The van der Waals surface area contributed by atoms with Gasteiger partial charge in [0.1, 0.15) is 0 Å². The molecule has 4 heteroatoms. The molecule has 4 nitrogen and oxygen atoms in total. The van der Waals surface area contributed by atoms with Crippen LogP contribution in [0.4, 0.5) is 0 Å². The van der Waals surface area contributed by atoms with Crippen molar-refractivity contribution in [1.29, 1.82) is 0 Å². The number of nitrogens with zero attached hydrogens (tertiary/aromatic N) is 3. The van der Waals surface area contributed by atoms with Gasteiger partial charge in [-0.25, -0.2) is 0 Å². The lowest BCUT2D eigenvalue weighted by atomic mass is 10.4. The van der Waals surface area contributed by atoms with Gasteiger partial charge in [0.25, 0.3) is 0 Å². The van der Waals surface area contributed by atoms with E-state index in [1.54, 1.807) is 0 Å². The Labute approximate surface area is 48.5 Å². The molecule has 0 spiro atoms. The highest BCUT2D eigenvalue weighted by atomic mass is 15.1. The Balaban J connectivity index is 3.23. The van der Waals surface area contributed by atoms with Crippen LogP contribution in [0.3, 0.4) is 0 Å². The lowest BCUT2D eigenvalue weighted by Gasteiger charge is -2.02. The predicted octanol–water partition coefficient (Wildman–Crippen LogP) is 0.905. The fourth-order valence-corrected chi connectivity index (χ4v) is 0.250. The van der Waals surface area contributed by atoms with Crippen LogP contribution in [0.5, 0.6) is 0 Å². The van der Waals surface area contributed by atoms with Crippen molar-refractivity contribution in [3.63, 3.8) is 0 Å². The summed E-state index contributed by atoms with van der Waals surface area (Å²) in [5.74, 6) is 0. The van der Waals surface area contributed by atoms with Crippen molar-refractivity contribution in [2.24, 2.45) is 5.11 Å². The van der Waals surface area contributed by atoms with Crippen molar-refractivity contribution >= 4 is 0 Å². The second-order valence-electron chi connectivity index (χ2n) is 1.60. The molecule has 0 radical (unpaired) electrons. The van der Waals surface area contributed by atoms with Crippen molar-refractivity contribution in [3.05, 3.63) is 10.4 Å². The topological polar surface area (TPSA) is 60.8 Å². The normalized spacial score (nSPS) is 12.2. The first-order chi connectivity index (χ1) is 3.81. The Hall–Kier alpha value is -0.730. The Bertz CT molecular complexity index is 94.2. The third-order valence-electron chi connectivity index (χ3n) is 0.912. The molecule has 0 fully saturated rings. The van der Waals surface area contributed by atoms with E-state index in [1.165, 1.54) is 0 Å². The summed E-state index contributed by atoms with van der Waals surface area (Å²) < 4.78 is 0. The van der Waals surface area contributed by atoms with Crippen molar-refractivity contribution in [2.75, 3.05) is 13.6 Å². The average Bonchev–Trinajstić information content (AvgIpc) is 1.83. The molecule has 0 rings (SSSR count). The summed E-state index contributed by atoms with van der Waals surface area (Å²) in [5.41, 5.74) is 7.84. The van der Waals surface area contributed by atoms with Crippen molar-refractivity contribution < 1.29 is 0 Å². The summed E-state index contributed by atoms with van der Waals surface area (Å²) in [5, 5.41) is 6.30. The summed E-state index contributed by atoms with van der Waals surface area (Å²) in [6.45, 7) is 2.47. The maximum atomic E-state index is 7.84. The first kappa shape index (κ1) is 7.27. The molecule has 0 aliphatic rings. The van der Waals surface area contributed by atoms with E-state index < -0.39 is 0 Å². The molecule has 1 atom stereocenters. The Morgan fingerprint density at radius 3 is 2.88 bits per heavy atom. The van der Waals surface area contributed by atoms with Crippen LogP contribution in [0.2, 0.25) is 0 Å². The molecule has 1 N–H and O–H groups in total. The van der Waals surface area contributed by atoms with Gasteiger partial charge in [0, 0.05) is 17.5 Å². The molecule has 0 heterocycles. The summed E-state index contributed by atoms with van der Waals surface area (Å²) in [7, 11) is 1.83. The average molecular weight is 114 g/mol. The van der Waals surface area contributed by atoms with Gasteiger partial charge in [-0.1, -0.05) is 5.11 Å². The number of hydrogen-bond acceptors (Lipinski definition) is 2. The van der Waals surface area contributed by atoms with Crippen molar-refractivity contribution in [3.8, 4) is 0 Å². The van der Waals surface area contributed by atoms with Gasteiger partial charge in [0.15, 0.2) is 0 Å². The molecule has 46 valence electrons. The SMILES string of the molecule is CN[C@@H](C)CN=[N+]=[N-]. The molecule has 0 aromatic rings. The monoisotopic (exact) mass is 114 g/mol. The lowest BCUT2D eigenvalue weighted by Crippen LogP contribution is -2.23. The number of nitrogens with one attached hydrogen (secondary N) is 1. The maximum absolute atomic E-state index is 7.84. The predicted molar refractivity (Wildman–Crippen MR) is 32.5 cm³/mol. The van der Waals surface area contributed by atoms with Gasteiger partial charge in [-0.05, 0) is 19.5 Å². The Morgan fingerprint density at radius 1 is 1.88 bits per heavy atom. The van der Waals surface area contributed by atoms with Crippen LogP contribution >= 0.6 is 0 Å². The van der Waals surface area contributed by atoms with Crippen LogP contribution in [0.25, 0.3) is 10.4 Å². The summed E-state index contributed by atoms with van der Waals surface area (Å²) in [4.78, 5) is 2.61. The lowest BCUT2D eigenvalue weighted by molar-refractivity contribution is 0.620. The van der Waals surface area contributed by atoms with Crippen LogP contribution in [0.1, 0.15) is 6.92 Å². The molecule has 0 aromatic carbocycles. The van der Waals surface area contributed by atoms with Gasteiger partial charge in [0.05, 0.1) is 0 Å². The van der Waals surface area contributed by atoms with Crippen LogP contribution in [-0.2, 0) is 0 Å². The summed E-state index contributed by atoms with van der Waals surface area (Å²) in [6, 6.07) is 0.283. The van der Waals surface area contributed by atoms with E-state index in [0.29, 0.717) is 6.54 Å². The highest BCUT2D eigenvalue weighted by Crippen LogP contribution is 1.79. The van der Waals surface area contributed by atoms with Gasteiger partial charge < -0.3 is 5.32 Å². The Kier molecular flexibility index (Phi) is 4.03. The molecule has 0 amide bonds. The van der Waals surface area contributed by atoms with Gasteiger partial charge in [0.2, 0.25) is 0 Å². The first-order valence-corrected chi connectivity index (χ1v) is 2.49. The molecule has 0 aromatic heterocycles. The van der Waals surface area contributed by atoms with Crippen molar-refractivity contribution in [2.45, 2.75) is 13.0 Å². The van der Waals surface area contributed by atoms with Crippen molar-refractivity contribution in [1.82, 2.24) is 5.32 Å². The van der Waals surface area contributed by atoms with Crippen LogP contribution in [0, 0.1) is 0 Å². The molecular formula is C4H10N4. The quantitative estimate of drug-likeness (QED) is 0.331. The van der Waals surface area contributed by atoms with E-state index in [2.05, 4.69) is 15.3 Å². The zero-order chi connectivity index (χ0) is 6.41. The second-order valence-corrected chi connectivity index (χ2v) is 1.60. The number of azide groups is 1. The molecule has 0 aliphatic carbocycles. The van der Waals surface area contributed by atoms with E-state index in [-0.39, 0.29) is 6.04 Å². The van der Waals surface area contributed by atoms with Crippen LogP contribution in [0.15, 0.2) is 5.11 Å². The fourth-order valence-electron chi connectivity index (χ4n) is 0.250. The minimum absolute atomic E-state index is 0.283. The summed E-state index contributed by atoms with van der Waals surface area (Å²) in [6.07, 6.45) is 0. The Morgan fingerprint density at radius 2 is 2.50 bits per heavy atom. The van der Waals surface area contributed by atoms with Gasteiger partial charge >= 0.3 is 0 Å². The standard InChI is InChI=1S/C4H10N4/c1-4(6-2)3-7-8-5/h4,6H,3H2,1-2H3/t4-/m0/s1. The third-order valence-corrected chi connectivity index (χ3v) is 0.912. The first-order valence-electron chi connectivity index (χ1n) is 2.49. The maximum Gasteiger partial charge on any atom is 0.0409 e. The molecular weight excluding hydrogens is 104 g/mol. The minimum atomic E-state index is 0.283. The largest absolute Gasteiger partial charge is 0.317 e. The number of rotatable bonds is 3. The zero-order valence-electron chi connectivity index (χ0n) is 5.13. The van der Waals surface area contributed by atoms with E-state index in [9.17, 15) is 0 Å². The van der Waals surface area contributed by atoms with Crippen LogP contribution in [-0.4, -0.2) is 19.6 Å². The minimum Gasteiger partial charge on any atom is -0.317 e. The van der Waals surface area contributed by atoms with E-state index in [1.807, 2.05) is 14.0 Å². The molecule has 8 heavy (non-hydrogen) atoms. The van der Waals surface area contributed by atoms with Gasteiger partial charge in [-0.3, -0.25) is 0 Å². The highest BCUT2D eigenvalue weighted by molar-refractivity contribution is 4.59.